The summed E-state index contributed by atoms with van der Waals surface area (Å²) in [5.41, 5.74) is -3.90. The highest BCUT2D eigenvalue weighted by molar-refractivity contribution is 5.97. The van der Waals surface area contributed by atoms with Crippen molar-refractivity contribution in [2.45, 2.75) is 89.5 Å². The van der Waals surface area contributed by atoms with Crippen molar-refractivity contribution in [3.63, 3.8) is 0 Å². The largest absolute Gasteiger partial charge is 0.390 e. The van der Waals surface area contributed by atoms with Crippen molar-refractivity contribution < 1.29 is 29.3 Å². The first-order chi connectivity index (χ1) is 13.5. The van der Waals surface area contributed by atoms with Crippen LogP contribution in [0.15, 0.2) is 11.1 Å². The molecule has 3 saturated carbocycles. The van der Waals surface area contributed by atoms with E-state index in [1.165, 1.54) is 0 Å². The molecule has 29 heavy (non-hydrogen) atoms. The normalized spacial score (nSPS) is 49.5. The molecule has 0 aromatic rings. The minimum atomic E-state index is -1.89. The number of alkyl halides is 1. The molecule has 162 valence electrons. The number of carbonyl (C=O) groups is 2. The van der Waals surface area contributed by atoms with Crippen molar-refractivity contribution >= 4 is 11.6 Å². The first kappa shape index (κ1) is 21.1. The first-order valence-electron chi connectivity index (χ1n) is 11.0. The molecule has 3 N–H and O–H groups in total. The van der Waals surface area contributed by atoms with Crippen molar-refractivity contribution in [1.29, 1.82) is 0 Å². The van der Waals surface area contributed by atoms with Gasteiger partial charge in [0.1, 0.15) is 17.9 Å². The molecule has 4 aliphatic carbocycles. The molecule has 7 atom stereocenters. The van der Waals surface area contributed by atoms with Gasteiger partial charge >= 0.3 is 0 Å². The van der Waals surface area contributed by atoms with E-state index in [2.05, 4.69) is 0 Å². The summed E-state index contributed by atoms with van der Waals surface area (Å²) >= 11 is 0. The number of aliphatic hydroxyl groups excluding tert-OH is 2. The second-order valence-corrected chi connectivity index (χ2v) is 10.2. The van der Waals surface area contributed by atoms with Gasteiger partial charge in [0.15, 0.2) is 11.6 Å². The highest BCUT2D eigenvalue weighted by Gasteiger charge is 2.74. The van der Waals surface area contributed by atoms with E-state index in [-0.39, 0.29) is 24.5 Å². The predicted molar refractivity (Wildman–Crippen MR) is 105 cm³/mol. The number of ketones is 2. The van der Waals surface area contributed by atoms with Gasteiger partial charge in [-0.3, -0.25) is 9.59 Å². The average Bonchev–Trinajstić information content (AvgIpc) is 2.95. The van der Waals surface area contributed by atoms with Gasteiger partial charge in [-0.05, 0) is 56.4 Å². The first-order valence-corrected chi connectivity index (χ1v) is 11.0. The molecule has 5 nitrogen and oxygen atoms in total. The van der Waals surface area contributed by atoms with Crippen LogP contribution in [0.2, 0.25) is 0 Å². The van der Waals surface area contributed by atoms with Gasteiger partial charge in [0.05, 0.1) is 6.10 Å². The van der Waals surface area contributed by atoms with Crippen LogP contribution in [0.5, 0.6) is 0 Å². The van der Waals surface area contributed by atoms with Crippen molar-refractivity contribution in [2.75, 3.05) is 6.61 Å². The number of rotatable bonds is 3. The van der Waals surface area contributed by atoms with E-state index in [1.54, 1.807) is 6.92 Å². The fourth-order valence-corrected chi connectivity index (χ4v) is 7.83. The third-order valence-electron chi connectivity index (χ3n) is 9.44. The molecule has 0 bridgehead atoms. The number of carbonyl (C=O) groups excluding carboxylic acids is 2. The summed E-state index contributed by atoms with van der Waals surface area (Å²) in [5.74, 6) is -1.28. The number of aliphatic hydroxyl groups is 3. The Morgan fingerprint density at radius 1 is 1.17 bits per heavy atom. The molecule has 0 saturated heterocycles. The predicted octanol–water partition coefficient (Wildman–Crippen LogP) is 2.65. The highest BCUT2D eigenvalue weighted by Crippen LogP contribution is 2.70. The Hall–Kier alpha value is -1.11. The lowest BCUT2D eigenvalue weighted by Crippen LogP contribution is -2.69. The van der Waals surface area contributed by atoms with Gasteiger partial charge in [-0.15, -0.1) is 0 Å². The van der Waals surface area contributed by atoms with Gasteiger partial charge in [0.2, 0.25) is 0 Å². The maximum atomic E-state index is 17.1. The summed E-state index contributed by atoms with van der Waals surface area (Å²) in [6, 6.07) is 0. The van der Waals surface area contributed by atoms with E-state index in [1.807, 2.05) is 13.8 Å². The van der Waals surface area contributed by atoms with Crippen molar-refractivity contribution in [2.24, 2.45) is 22.7 Å². The van der Waals surface area contributed by atoms with Crippen molar-refractivity contribution in [3.05, 3.63) is 11.1 Å². The summed E-state index contributed by atoms with van der Waals surface area (Å²) in [6.07, 6.45) is 1.70. The van der Waals surface area contributed by atoms with E-state index in [4.69, 9.17) is 0 Å². The molecule has 0 aliphatic heterocycles. The van der Waals surface area contributed by atoms with Gasteiger partial charge in [0, 0.05) is 23.2 Å². The fourth-order valence-electron chi connectivity index (χ4n) is 7.83. The zero-order chi connectivity index (χ0) is 21.4. The Balaban J connectivity index is 1.82. The van der Waals surface area contributed by atoms with Crippen LogP contribution in [0.25, 0.3) is 0 Å². The summed E-state index contributed by atoms with van der Waals surface area (Å²) in [5, 5.41) is 31.9. The number of Topliss-reactive ketones (excluding diaryl/α,β-unsaturated/α-hetero) is 2. The SMILES string of the molecule is CCC1=C2CC[C@H]3[C@@H]4CC[C@](O)(C(=O)CO)[C@@]4(C)C[C@H](O)[C@]3(F)[C@@]2(C)CCC1=O. The summed E-state index contributed by atoms with van der Waals surface area (Å²) in [4.78, 5) is 24.9. The Bertz CT molecular complexity index is 792. The molecule has 0 heterocycles. The molecule has 0 amide bonds. The smallest absolute Gasteiger partial charge is 0.190 e. The lowest BCUT2D eigenvalue weighted by Gasteiger charge is -2.63. The van der Waals surface area contributed by atoms with Crippen LogP contribution >= 0.6 is 0 Å². The molecule has 0 aromatic heterocycles. The van der Waals surface area contributed by atoms with Gasteiger partial charge < -0.3 is 15.3 Å². The minimum Gasteiger partial charge on any atom is -0.390 e. The maximum absolute atomic E-state index is 17.1. The van der Waals surface area contributed by atoms with E-state index >= 15 is 4.39 Å². The van der Waals surface area contributed by atoms with Crippen LogP contribution < -0.4 is 0 Å². The zero-order valence-electron chi connectivity index (χ0n) is 17.6. The van der Waals surface area contributed by atoms with Crippen LogP contribution in [-0.4, -0.2) is 50.9 Å². The maximum Gasteiger partial charge on any atom is 0.190 e. The molecule has 0 aromatic carbocycles. The molecule has 6 heteroatoms. The second kappa shape index (κ2) is 6.44. The van der Waals surface area contributed by atoms with E-state index in [0.717, 1.165) is 11.1 Å². The standard InChI is InChI=1S/C23H33FO5/c1-4-13-14-5-6-16-15-7-10-22(29,19(28)12-25)21(15,3)11-18(27)23(16,24)20(14,2)9-8-17(13)26/h15-16,18,25,27,29H,4-12H2,1-3H3/t15-,16-,18-,20-,21-,22-,23-/m0/s1. The Morgan fingerprint density at radius 3 is 2.48 bits per heavy atom. The lowest BCUT2D eigenvalue weighted by molar-refractivity contribution is -0.227. The molecule has 4 rings (SSSR count). The number of halogens is 1. The van der Waals surface area contributed by atoms with Gasteiger partial charge in [-0.1, -0.05) is 26.3 Å². The number of allylic oxidation sites excluding steroid dienone is 1. The van der Waals surface area contributed by atoms with Crippen LogP contribution in [0.4, 0.5) is 4.39 Å². The van der Waals surface area contributed by atoms with Crippen molar-refractivity contribution in [3.8, 4) is 0 Å². The number of hydrogen-bond acceptors (Lipinski definition) is 5. The van der Waals surface area contributed by atoms with Gasteiger partial charge in [-0.2, -0.15) is 0 Å². The number of hydrogen-bond donors (Lipinski definition) is 3. The molecule has 0 radical (unpaired) electrons. The molecular formula is C23H33FO5. The third kappa shape index (κ3) is 2.31. The summed E-state index contributed by atoms with van der Waals surface area (Å²) in [7, 11) is 0. The van der Waals surface area contributed by atoms with E-state index in [0.29, 0.717) is 38.5 Å². The Morgan fingerprint density at radius 2 is 1.86 bits per heavy atom. The zero-order valence-corrected chi connectivity index (χ0v) is 17.6. The summed E-state index contributed by atoms with van der Waals surface area (Å²) < 4.78 is 17.1. The quantitative estimate of drug-likeness (QED) is 0.667. The van der Waals surface area contributed by atoms with Crippen molar-refractivity contribution in [1.82, 2.24) is 0 Å². The highest BCUT2D eigenvalue weighted by atomic mass is 19.1. The average molecular weight is 409 g/mol. The summed E-state index contributed by atoms with van der Waals surface area (Å²) in [6.45, 7) is 4.81. The monoisotopic (exact) mass is 408 g/mol. The van der Waals surface area contributed by atoms with Crippen LogP contribution in [-0.2, 0) is 9.59 Å². The number of fused-ring (bicyclic) bond motifs is 5. The Labute approximate surface area is 171 Å². The Kier molecular flexibility index (Phi) is 4.70. The lowest BCUT2D eigenvalue weighted by atomic mass is 9.43. The molecule has 0 unspecified atom stereocenters. The minimum absolute atomic E-state index is 0.0226. The van der Waals surface area contributed by atoms with E-state index < -0.39 is 46.5 Å². The molecule has 0 spiro atoms. The topological polar surface area (TPSA) is 94.8 Å². The van der Waals surface area contributed by atoms with Crippen LogP contribution in [0.3, 0.4) is 0 Å². The van der Waals surface area contributed by atoms with Crippen LogP contribution in [0.1, 0.15) is 72.1 Å². The third-order valence-corrected chi connectivity index (χ3v) is 9.44. The van der Waals surface area contributed by atoms with Gasteiger partial charge in [-0.25, -0.2) is 4.39 Å². The van der Waals surface area contributed by atoms with E-state index in [9.17, 15) is 24.9 Å². The molecular weight excluding hydrogens is 375 g/mol. The van der Waals surface area contributed by atoms with Crippen LogP contribution in [0, 0.1) is 22.7 Å². The molecule has 3 fully saturated rings. The molecule has 4 aliphatic rings. The fraction of sp³-hybridized carbons (Fsp3) is 0.826. The second-order valence-electron chi connectivity index (χ2n) is 10.2. The van der Waals surface area contributed by atoms with Gasteiger partial charge in [0.25, 0.3) is 0 Å².